The number of nitrogens with zero attached hydrogens (tertiary/aromatic N) is 3. The number of hydrogen-bond donors (Lipinski definition) is 0. The van der Waals surface area contributed by atoms with Crippen molar-refractivity contribution in [1.29, 1.82) is 10.5 Å². The molecule has 2 heterocycles. The highest BCUT2D eigenvalue weighted by Crippen LogP contribution is 2.58. The van der Waals surface area contributed by atoms with Crippen molar-refractivity contribution in [3.8, 4) is 41.3 Å². The molecule has 0 fully saturated rings. The second-order valence-corrected chi connectivity index (χ2v) is 14.1. The highest BCUT2D eigenvalue weighted by Gasteiger charge is 2.44. The van der Waals surface area contributed by atoms with E-state index in [0.29, 0.717) is 17.2 Å². The van der Waals surface area contributed by atoms with Gasteiger partial charge in [0.2, 0.25) is 0 Å². The van der Waals surface area contributed by atoms with E-state index in [1.807, 2.05) is 30.0 Å². The van der Waals surface area contributed by atoms with Crippen LogP contribution in [-0.4, -0.2) is 9.82 Å². The van der Waals surface area contributed by atoms with E-state index in [9.17, 15) is 10.5 Å². The molecule has 3 nitrogen and oxygen atoms in total. The Kier molecular flexibility index (Phi) is 6.41. The fourth-order valence-corrected chi connectivity index (χ4v) is 9.32. The average molecular weight is 610 g/mol. The van der Waals surface area contributed by atoms with Gasteiger partial charge in [0.05, 0.1) is 28.9 Å². The molecule has 4 aromatic rings. The van der Waals surface area contributed by atoms with Crippen LogP contribution in [0.3, 0.4) is 0 Å². The summed E-state index contributed by atoms with van der Waals surface area (Å²) in [4.78, 5) is 1.29. The molecule has 4 aliphatic rings. The maximum Gasteiger partial charge on any atom is 0.0992 e. The smallest absolute Gasteiger partial charge is 0.0992 e. The molecule has 0 radical (unpaired) electrons. The minimum Gasteiger partial charge on any atom is -0.312 e. The Morgan fingerprint density at radius 1 is 1.00 bits per heavy atom. The van der Waals surface area contributed by atoms with Gasteiger partial charge in [0.25, 0.3) is 0 Å². The Bertz CT molecular complexity index is 2310. The fraction of sp³-hybridized carbons (Fsp3) is 0.190. The first kappa shape index (κ1) is 28.3. The van der Waals surface area contributed by atoms with Crippen LogP contribution in [0, 0.1) is 40.4 Å². The van der Waals surface area contributed by atoms with Crippen molar-refractivity contribution in [2.45, 2.75) is 49.7 Å². The first-order valence-corrected chi connectivity index (χ1v) is 16.6. The average Bonchev–Trinajstić information content (AvgIpc) is 3.68. The zero-order chi connectivity index (χ0) is 31.7. The molecule has 2 atom stereocenters. The van der Waals surface area contributed by atoms with Gasteiger partial charge in [-0.1, -0.05) is 80.5 Å². The molecule has 1 aliphatic heterocycles. The third-order valence-electron chi connectivity index (χ3n) is 10.1. The lowest BCUT2D eigenvalue weighted by Gasteiger charge is -2.28. The zero-order valence-electron chi connectivity index (χ0n) is 26.1. The Balaban J connectivity index is 1.27. The van der Waals surface area contributed by atoms with E-state index in [1.165, 1.54) is 32.9 Å². The van der Waals surface area contributed by atoms with Crippen molar-refractivity contribution in [3.05, 3.63) is 135 Å². The second-order valence-electron chi connectivity index (χ2n) is 12.9. The van der Waals surface area contributed by atoms with E-state index in [0.717, 1.165) is 50.8 Å². The van der Waals surface area contributed by atoms with Gasteiger partial charge in [-0.3, -0.25) is 0 Å². The number of nitriles is 2. The molecule has 0 N–H and O–H groups in total. The van der Waals surface area contributed by atoms with Crippen LogP contribution in [-0.2, 0) is 6.42 Å². The number of thioether (sulfide) groups is 1. The zero-order valence-corrected chi connectivity index (χ0v) is 26.9. The predicted molar refractivity (Wildman–Crippen MR) is 188 cm³/mol. The van der Waals surface area contributed by atoms with E-state index in [2.05, 4.69) is 116 Å². The summed E-state index contributed by atoms with van der Waals surface area (Å²) < 4.78 is 2.32. The molecule has 3 aliphatic carbocycles. The SMILES string of the molecule is C#CC1=C(/C=C\C)C(C)(C)C2=CC3Sc4cc(-c5ccc(C#N)cc5-n5c6c(c7ccccc75)C=C(C#N)CC6)ccc4C3C=C21. The summed E-state index contributed by atoms with van der Waals surface area (Å²) >= 11 is 1.93. The Morgan fingerprint density at radius 3 is 2.63 bits per heavy atom. The van der Waals surface area contributed by atoms with Crippen LogP contribution >= 0.6 is 11.8 Å². The molecule has 8 rings (SSSR count). The van der Waals surface area contributed by atoms with Crippen molar-refractivity contribution in [2.24, 2.45) is 5.41 Å². The van der Waals surface area contributed by atoms with Crippen molar-refractivity contribution >= 4 is 28.7 Å². The summed E-state index contributed by atoms with van der Waals surface area (Å²) in [7, 11) is 0. The minimum atomic E-state index is -0.134. The Hall–Kier alpha value is -5.21. The van der Waals surface area contributed by atoms with Crippen molar-refractivity contribution in [3.63, 3.8) is 0 Å². The van der Waals surface area contributed by atoms with Gasteiger partial charge in [0.1, 0.15) is 0 Å². The molecule has 0 spiro atoms. The molecule has 2 unspecified atom stereocenters. The summed E-state index contributed by atoms with van der Waals surface area (Å²) in [6.07, 6.45) is 18.8. The largest absolute Gasteiger partial charge is 0.312 e. The quantitative estimate of drug-likeness (QED) is 0.217. The lowest BCUT2D eigenvalue weighted by atomic mass is 9.76. The third-order valence-corrected chi connectivity index (χ3v) is 11.4. The molecule has 3 aromatic carbocycles. The van der Waals surface area contributed by atoms with Gasteiger partial charge in [0, 0.05) is 54.8 Å². The van der Waals surface area contributed by atoms with Gasteiger partial charge in [-0.15, -0.1) is 18.2 Å². The minimum absolute atomic E-state index is 0.134. The normalized spacial score (nSPS) is 20.6. The molecule has 0 saturated heterocycles. The molecular formula is C42H31N3S. The third kappa shape index (κ3) is 3.99. The molecule has 0 amide bonds. The van der Waals surface area contributed by atoms with E-state index in [-0.39, 0.29) is 11.3 Å². The number of terminal acetylenes is 1. The van der Waals surface area contributed by atoms with Gasteiger partial charge < -0.3 is 4.57 Å². The fourth-order valence-electron chi connectivity index (χ4n) is 7.92. The van der Waals surface area contributed by atoms with Crippen LogP contribution in [0.2, 0.25) is 0 Å². The first-order valence-electron chi connectivity index (χ1n) is 15.7. The van der Waals surface area contributed by atoms with E-state index >= 15 is 0 Å². The number of benzene rings is 3. The van der Waals surface area contributed by atoms with E-state index in [4.69, 9.17) is 6.42 Å². The van der Waals surface area contributed by atoms with Crippen molar-refractivity contribution < 1.29 is 0 Å². The molecule has 1 aromatic heterocycles. The number of fused-ring (bicyclic) bond motifs is 7. The van der Waals surface area contributed by atoms with Crippen LogP contribution in [0.15, 0.2) is 118 Å². The highest BCUT2D eigenvalue weighted by atomic mass is 32.2. The number of hydrogen-bond acceptors (Lipinski definition) is 3. The standard InChI is InChI=1S/C42H31N3S/c1-5-9-35-28(6-2)32-21-34-31-16-14-27(20-40(31)46-41(34)22-36(32)42(35,3)4)29-15-12-26(24-44)19-39(29)45-37-11-8-7-10-30(37)33-18-25(23-43)13-17-38(33)45/h2,5,7-12,14-16,18-22,34,41H,13,17H2,1,3-4H3/b9-5-. The van der Waals surface area contributed by atoms with Crippen LogP contribution < -0.4 is 0 Å². The highest BCUT2D eigenvalue weighted by molar-refractivity contribution is 8.00. The van der Waals surface area contributed by atoms with Crippen LogP contribution in [0.4, 0.5) is 0 Å². The molecule has 4 heteroatoms. The van der Waals surface area contributed by atoms with Gasteiger partial charge in [-0.2, -0.15) is 10.5 Å². The van der Waals surface area contributed by atoms with E-state index < -0.39 is 0 Å². The van der Waals surface area contributed by atoms with Gasteiger partial charge in [-0.25, -0.2) is 0 Å². The maximum atomic E-state index is 9.93. The summed E-state index contributed by atoms with van der Waals surface area (Å²) in [6, 6.07) is 26.0. The Labute approximate surface area is 274 Å². The van der Waals surface area contributed by atoms with Crippen LogP contribution in [0.25, 0.3) is 33.8 Å². The van der Waals surface area contributed by atoms with E-state index in [1.54, 1.807) is 0 Å². The number of rotatable bonds is 3. The molecular weight excluding hydrogens is 579 g/mol. The Morgan fingerprint density at radius 2 is 1.85 bits per heavy atom. The molecule has 220 valence electrons. The van der Waals surface area contributed by atoms with Crippen LogP contribution in [0.1, 0.15) is 55.5 Å². The summed E-state index contributed by atoms with van der Waals surface area (Å²) in [5.41, 5.74) is 14.0. The van der Waals surface area contributed by atoms with Gasteiger partial charge in [-0.05, 0) is 78.0 Å². The van der Waals surface area contributed by atoms with Crippen molar-refractivity contribution in [1.82, 2.24) is 4.57 Å². The molecule has 0 saturated carbocycles. The summed E-state index contributed by atoms with van der Waals surface area (Å²) in [5, 5.41) is 21.0. The van der Waals surface area contributed by atoms with Crippen LogP contribution in [0.5, 0.6) is 0 Å². The summed E-state index contributed by atoms with van der Waals surface area (Å²) in [5.74, 6) is 3.29. The lowest BCUT2D eigenvalue weighted by Crippen LogP contribution is -2.19. The number of allylic oxidation sites excluding steroid dienone is 8. The monoisotopic (exact) mass is 609 g/mol. The molecule has 46 heavy (non-hydrogen) atoms. The summed E-state index contributed by atoms with van der Waals surface area (Å²) in [6.45, 7) is 6.61. The predicted octanol–water partition coefficient (Wildman–Crippen LogP) is 9.99. The number of para-hydroxylation sites is 1. The molecule has 0 bridgehead atoms. The second kappa shape index (κ2) is 10.4. The van der Waals surface area contributed by atoms with Gasteiger partial charge >= 0.3 is 0 Å². The number of aromatic nitrogens is 1. The first-order chi connectivity index (χ1) is 22.4. The van der Waals surface area contributed by atoms with Gasteiger partial charge in [0.15, 0.2) is 0 Å². The lowest BCUT2D eigenvalue weighted by molar-refractivity contribution is 0.571. The topological polar surface area (TPSA) is 52.5 Å². The van der Waals surface area contributed by atoms with Crippen molar-refractivity contribution in [2.75, 3.05) is 0 Å². The maximum absolute atomic E-state index is 9.93.